The highest BCUT2D eigenvalue weighted by Crippen LogP contribution is 2.33. The van der Waals surface area contributed by atoms with Crippen LogP contribution in [-0.2, 0) is 25.7 Å². The number of amides is 1. The van der Waals surface area contributed by atoms with E-state index in [4.69, 9.17) is 4.74 Å². The van der Waals surface area contributed by atoms with Gasteiger partial charge >= 0.3 is 0 Å². The molecule has 2 aliphatic heterocycles. The molecule has 2 saturated heterocycles. The van der Waals surface area contributed by atoms with Gasteiger partial charge in [-0.15, -0.1) is 0 Å². The molecule has 0 radical (unpaired) electrons. The zero-order chi connectivity index (χ0) is 36.4. The third-order valence-corrected chi connectivity index (χ3v) is 8.60. The Labute approximate surface area is 291 Å². The van der Waals surface area contributed by atoms with Crippen molar-refractivity contribution in [1.82, 2.24) is 9.80 Å². The summed E-state index contributed by atoms with van der Waals surface area (Å²) in [5.41, 5.74) is 5.81. The van der Waals surface area contributed by atoms with Crippen LogP contribution in [0, 0.1) is 19.8 Å². The van der Waals surface area contributed by atoms with Crippen LogP contribution in [0.4, 0.5) is 0 Å². The van der Waals surface area contributed by atoms with Gasteiger partial charge < -0.3 is 24.4 Å². The molecule has 48 heavy (non-hydrogen) atoms. The first-order valence-electron chi connectivity index (χ1n) is 17.7. The first-order valence-corrected chi connectivity index (χ1v) is 17.7. The average Bonchev–Trinajstić information content (AvgIpc) is 3.06. The Morgan fingerprint density at radius 3 is 2.10 bits per heavy atom. The summed E-state index contributed by atoms with van der Waals surface area (Å²) in [4.78, 5) is 36.9. The van der Waals surface area contributed by atoms with E-state index in [1.165, 1.54) is 16.7 Å². The Morgan fingerprint density at radius 1 is 1.02 bits per heavy atom. The van der Waals surface area contributed by atoms with Crippen molar-refractivity contribution in [3.63, 3.8) is 0 Å². The van der Waals surface area contributed by atoms with E-state index in [9.17, 15) is 19.5 Å². The fraction of sp³-hybridized carbons (Fsp3) is 0.561. The number of phenolic OH excluding ortho intramolecular Hbond substituents is 1. The van der Waals surface area contributed by atoms with Gasteiger partial charge in [0.25, 0.3) is 5.88 Å². The van der Waals surface area contributed by atoms with Gasteiger partial charge in [-0.2, -0.15) is 0 Å². The number of Topliss-reactive ketones (excluding diaryl/α,β-unsaturated/α-hetero) is 1. The van der Waals surface area contributed by atoms with E-state index in [-0.39, 0.29) is 23.0 Å². The predicted octanol–water partition coefficient (Wildman–Crippen LogP) is 9.43. The van der Waals surface area contributed by atoms with Gasteiger partial charge in [-0.1, -0.05) is 71.0 Å². The van der Waals surface area contributed by atoms with Crippen LogP contribution in [0.5, 0.6) is 5.75 Å². The number of ether oxygens (including phenoxy) is 1. The smallest absolute Gasteiger partial charge is 0.278 e. The summed E-state index contributed by atoms with van der Waals surface area (Å²) >= 11 is 0. The molecule has 1 amide bonds. The summed E-state index contributed by atoms with van der Waals surface area (Å²) in [6.07, 6.45) is 6.51. The second-order valence-corrected chi connectivity index (χ2v) is 13.4. The fourth-order valence-corrected chi connectivity index (χ4v) is 5.66. The van der Waals surface area contributed by atoms with Crippen molar-refractivity contribution < 1.29 is 24.2 Å². The quantitative estimate of drug-likeness (QED) is 0.224. The van der Waals surface area contributed by atoms with Crippen LogP contribution < -0.4 is 0 Å². The van der Waals surface area contributed by atoms with Crippen molar-refractivity contribution in [1.29, 1.82) is 0 Å². The van der Waals surface area contributed by atoms with E-state index in [1.807, 2.05) is 64.5 Å². The van der Waals surface area contributed by atoms with Crippen molar-refractivity contribution in [2.45, 2.75) is 132 Å². The SMILES string of the molecule is C=C1C(CCC)CCC(=O)N1Cc1ccc(O)cc1.CC.CCC(C)=O.Cc1cccc(C2CCN(C(=C=O)OC(C)(C)C)CC2)c1C. The highest BCUT2D eigenvalue weighted by atomic mass is 16.5. The van der Waals surface area contributed by atoms with Crippen LogP contribution in [0.15, 0.2) is 60.6 Å². The number of ketones is 1. The molecule has 0 bridgehead atoms. The minimum Gasteiger partial charge on any atom is -0.508 e. The van der Waals surface area contributed by atoms with Crippen molar-refractivity contribution in [2.75, 3.05) is 13.1 Å². The largest absolute Gasteiger partial charge is 0.508 e. The Balaban J connectivity index is 0.000000405. The van der Waals surface area contributed by atoms with Crippen molar-refractivity contribution in [3.8, 4) is 5.75 Å². The molecule has 266 valence electrons. The molecule has 2 aromatic carbocycles. The maximum absolute atomic E-state index is 12.0. The third kappa shape index (κ3) is 14.1. The third-order valence-electron chi connectivity index (χ3n) is 8.60. The van der Waals surface area contributed by atoms with Gasteiger partial charge in [0.05, 0.1) is 6.54 Å². The minimum atomic E-state index is -0.364. The lowest BCUT2D eigenvalue weighted by Gasteiger charge is -2.36. The molecule has 0 spiro atoms. The fourth-order valence-electron chi connectivity index (χ4n) is 5.66. The molecule has 0 aliphatic carbocycles. The highest BCUT2D eigenvalue weighted by molar-refractivity contribution is 5.79. The molecule has 0 saturated carbocycles. The van der Waals surface area contributed by atoms with E-state index in [2.05, 4.69) is 45.5 Å². The minimum absolute atomic E-state index is 0.158. The van der Waals surface area contributed by atoms with E-state index >= 15 is 0 Å². The number of aryl methyl sites for hydroxylation is 1. The van der Waals surface area contributed by atoms with E-state index in [0.717, 1.165) is 56.5 Å². The number of allylic oxidation sites excluding steroid dienone is 1. The monoisotopic (exact) mass is 662 g/mol. The zero-order valence-electron chi connectivity index (χ0n) is 31.4. The molecule has 2 aromatic rings. The molecule has 7 nitrogen and oxygen atoms in total. The average molecular weight is 663 g/mol. The molecular formula is C41H62N2O5. The number of hydrogen-bond donors (Lipinski definition) is 1. The van der Waals surface area contributed by atoms with Crippen LogP contribution in [0.25, 0.3) is 0 Å². The summed E-state index contributed by atoms with van der Waals surface area (Å²) < 4.78 is 5.73. The molecule has 2 aliphatic rings. The van der Waals surface area contributed by atoms with Crippen LogP contribution in [0.2, 0.25) is 0 Å². The molecule has 2 fully saturated rings. The number of nitrogens with zero attached hydrogens (tertiary/aromatic N) is 2. The number of likely N-dealkylation sites (tertiary alicyclic amines) is 2. The molecule has 1 unspecified atom stereocenters. The van der Waals surface area contributed by atoms with Gasteiger partial charge in [0.1, 0.15) is 17.1 Å². The number of carbonyl (C=O) groups is 2. The van der Waals surface area contributed by atoms with E-state index in [1.54, 1.807) is 24.0 Å². The van der Waals surface area contributed by atoms with Crippen molar-refractivity contribution >= 4 is 17.6 Å². The maximum Gasteiger partial charge on any atom is 0.278 e. The summed E-state index contributed by atoms with van der Waals surface area (Å²) in [6, 6.07) is 13.5. The molecule has 2 heterocycles. The van der Waals surface area contributed by atoms with Gasteiger partial charge in [0, 0.05) is 31.6 Å². The summed E-state index contributed by atoms with van der Waals surface area (Å²) in [7, 11) is 0. The van der Waals surface area contributed by atoms with Gasteiger partial charge in [-0.25, -0.2) is 4.79 Å². The van der Waals surface area contributed by atoms with Crippen molar-refractivity contribution in [3.05, 3.63) is 82.9 Å². The predicted molar refractivity (Wildman–Crippen MR) is 197 cm³/mol. The lowest BCUT2D eigenvalue weighted by atomic mass is 9.85. The number of rotatable bonds is 8. The number of phenols is 1. The number of hydrogen-bond acceptors (Lipinski definition) is 6. The standard InChI is InChI=1S/C19H27NO2.C16H21NO2.C4H8O.C2H6/c1-14-7-6-8-17(15(14)2)16-9-11-20(12-10-16)18(13-21)22-19(3,4)5;1-3-4-14-7-10-16(19)17(12(14)2)11-13-5-8-15(18)9-6-13;1-3-4(2)5;1-2/h6-8,16H,9-12H2,1-5H3;5-6,8-9,14,18H,2-4,7,10-11H2,1H3;3H2,1-2H3;1-2H3. The Kier molecular flexibility index (Phi) is 18.6. The Bertz CT molecular complexity index is 1340. The number of aromatic hydroxyl groups is 1. The zero-order valence-corrected chi connectivity index (χ0v) is 31.4. The first kappa shape index (κ1) is 42.2. The van der Waals surface area contributed by atoms with Gasteiger partial charge in [-0.05, 0) is 113 Å². The molecule has 4 rings (SSSR count). The number of piperidine rings is 2. The normalized spacial score (nSPS) is 16.2. The Morgan fingerprint density at radius 2 is 1.60 bits per heavy atom. The van der Waals surface area contributed by atoms with Gasteiger partial charge in [0.15, 0.2) is 5.94 Å². The highest BCUT2D eigenvalue weighted by Gasteiger charge is 2.29. The molecule has 1 atom stereocenters. The Hall–Kier alpha value is -3.83. The molecule has 7 heteroatoms. The van der Waals surface area contributed by atoms with Crippen LogP contribution in [0.1, 0.15) is 129 Å². The maximum atomic E-state index is 12.0. The van der Waals surface area contributed by atoms with E-state index < -0.39 is 0 Å². The first-order chi connectivity index (χ1) is 22.7. The lowest BCUT2D eigenvalue weighted by molar-refractivity contribution is -0.132. The molecule has 1 N–H and O–H groups in total. The van der Waals surface area contributed by atoms with Gasteiger partial charge in [0.2, 0.25) is 5.91 Å². The number of carbonyl (C=O) groups excluding carboxylic acids is 3. The summed E-state index contributed by atoms with van der Waals surface area (Å²) in [5, 5.41) is 9.28. The molecular weight excluding hydrogens is 600 g/mol. The second kappa shape index (κ2) is 21.2. The topological polar surface area (TPSA) is 87.2 Å². The lowest BCUT2D eigenvalue weighted by Crippen LogP contribution is -2.37. The summed E-state index contributed by atoms with van der Waals surface area (Å²) in [5.74, 6) is 3.99. The van der Waals surface area contributed by atoms with Crippen molar-refractivity contribution in [2.24, 2.45) is 5.92 Å². The van der Waals surface area contributed by atoms with Crippen LogP contribution in [-0.4, -0.2) is 51.2 Å². The summed E-state index contributed by atoms with van der Waals surface area (Å²) in [6.45, 7) is 26.2. The van der Waals surface area contributed by atoms with Crippen LogP contribution in [0.3, 0.4) is 0 Å². The van der Waals surface area contributed by atoms with E-state index in [0.29, 0.717) is 37.1 Å². The van der Waals surface area contributed by atoms with Gasteiger partial charge in [-0.3, -0.25) is 4.79 Å². The van der Waals surface area contributed by atoms with Crippen LogP contribution >= 0.6 is 0 Å². The number of benzene rings is 2. The molecule has 0 aromatic heterocycles. The second-order valence-electron chi connectivity index (χ2n) is 13.4.